The Morgan fingerprint density at radius 1 is 1.21 bits per heavy atom. The number of hydrogen-bond acceptors (Lipinski definition) is 4. The summed E-state index contributed by atoms with van der Waals surface area (Å²) in [5, 5.41) is 30.5. The van der Waals surface area contributed by atoms with Crippen molar-refractivity contribution in [2.75, 3.05) is 6.61 Å². The third kappa shape index (κ3) is 5.66. The Bertz CT molecular complexity index is 786. The van der Waals surface area contributed by atoms with E-state index >= 15 is 0 Å². The number of fused-ring (bicyclic) bond motifs is 1. The molecule has 3 aliphatic carbocycles. The van der Waals surface area contributed by atoms with Crippen molar-refractivity contribution in [2.24, 2.45) is 29.1 Å². The van der Waals surface area contributed by atoms with Crippen LogP contribution in [0, 0.1) is 29.1 Å². The van der Waals surface area contributed by atoms with Crippen LogP contribution >= 0.6 is 0 Å². The molecule has 3 N–H and O–H groups in total. The average Bonchev–Trinajstić information content (AvgIpc) is 3.50. The van der Waals surface area contributed by atoms with Crippen molar-refractivity contribution < 1.29 is 20.1 Å². The van der Waals surface area contributed by atoms with Crippen molar-refractivity contribution in [3.8, 4) is 0 Å². The Kier molecular flexibility index (Phi) is 7.32. The largest absolute Gasteiger partial charge is 0.393 e. The molecule has 186 valence electrons. The molecular formula is C29H46O4. The molecule has 4 rings (SSSR count). The van der Waals surface area contributed by atoms with Crippen molar-refractivity contribution in [2.45, 2.75) is 109 Å². The molecule has 4 fully saturated rings. The van der Waals surface area contributed by atoms with Gasteiger partial charge in [-0.25, -0.2) is 0 Å². The highest BCUT2D eigenvalue weighted by atomic mass is 16.6. The standard InChI is InChI=1S/C29H46O4/c1-18(7-6-12-28(3,4)32)24-10-11-25-21(13-22(27-17-33-27)16-29(24,25)5)9-8-20-14-23(30)15-26(31)19(20)2/h8-9,18,22-27,30-32H,2,6-7,10-17H2,1,3-5H3/b20-8+,21-9+/t18-,22+,23-,24-,25+,26+,27+,29-/m1/s1. The first-order valence-electron chi connectivity index (χ1n) is 13.3. The minimum atomic E-state index is -0.636. The quantitative estimate of drug-likeness (QED) is 0.451. The van der Waals surface area contributed by atoms with E-state index in [1.807, 2.05) is 13.8 Å². The zero-order chi connectivity index (χ0) is 24.0. The highest BCUT2D eigenvalue weighted by molar-refractivity contribution is 5.39. The predicted molar refractivity (Wildman–Crippen MR) is 133 cm³/mol. The molecule has 0 aromatic rings. The van der Waals surface area contributed by atoms with Crippen LogP contribution in [0.4, 0.5) is 0 Å². The van der Waals surface area contributed by atoms with Crippen molar-refractivity contribution in [1.29, 1.82) is 0 Å². The molecule has 0 aromatic carbocycles. The maximum atomic E-state index is 10.2. The molecule has 1 heterocycles. The van der Waals surface area contributed by atoms with E-state index in [4.69, 9.17) is 4.74 Å². The van der Waals surface area contributed by atoms with Crippen LogP contribution in [0.15, 0.2) is 35.5 Å². The Morgan fingerprint density at radius 2 is 1.94 bits per heavy atom. The second-order valence-electron chi connectivity index (χ2n) is 12.5. The van der Waals surface area contributed by atoms with Gasteiger partial charge in [-0.05, 0) is 92.6 Å². The van der Waals surface area contributed by atoms with E-state index in [2.05, 4.69) is 32.6 Å². The van der Waals surface area contributed by atoms with Crippen molar-refractivity contribution in [1.82, 2.24) is 0 Å². The Balaban J connectivity index is 1.53. The van der Waals surface area contributed by atoms with E-state index in [-0.39, 0.29) is 5.41 Å². The normalized spacial score (nSPS) is 42.6. The second-order valence-corrected chi connectivity index (χ2v) is 12.5. The van der Waals surface area contributed by atoms with Gasteiger partial charge in [0.25, 0.3) is 0 Å². The Labute approximate surface area is 200 Å². The fourth-order valence-corrected chi connectivity index (χ4v) is 7.48. The number of allylic oxidation sites excluding steroid dienone is 3. The maximum absolute atomic E-state index is 10.2. The van der Waals surface area contributed by atoms with Gasteiger partial charge in [0.15, 0.2) is 0 Å². The number of epoxide rings is 1. The van der Waals surface area contributed by atoms with Gasteiger partial charge in [0.2, 0.25) is 0 Å². The van der Waals surface area contributed by atoms with Gasteiger partial charge < -0.3 is 20.1 Å². The van der Waals surface area contributed by atoms with Crippen LogP contribution in [0.1, 0.15) is 85.5 Å². The number of hydrogen-bond donors (Lipinski definition) is 3. The predicted octanol–water partition coefficient (Wildman–Crippen LogP) is 5.33. The monoisotopic (exact) mass is 458 g/mol. The summed E-state index contributed by atoms with van der Waals surface area (Å²) in [6.45, 7) is 13.8. The van der Waals surface area contributed by atoms with Gasteiger partial charge in [-0.15, -0.1) is 0 Å². The third-order valence-corrected chi connectivity index (χ3v) is 9.34. The lowest BCUT2D eigenvalue weighted by Gasteiger charge is -2.47. The van der Waals surface area contributed by atoms with Gasteiger partial charge in [-0.1, -0.05) is 51.0 Å². The minimum Gasteiger partial charge on any atom is -0.393 e. The van der Waals surface area contributed by atoms with E-state index in [0.717, 1.165) is 37.0 Å². The molecule has 8 atom stereocenters. The van der Waals surface area contributed by atoms with Crippen LogP contribution in [0.25, 0.3) is 0 Å². The fraction of sp³-hybridized carbons (Fsp3) is 0.793. The van der Waals surface area contributed by atoms with Gasteiger partial charge in [-0.2, -0.15) is 0 Å². The molecule has 33 heavy (non-hydrogen) atoms. The van der Waals surface area contributed by atoms with Gasteiger partial charge in [0, 0.05) is 6.42 Å². The van der Waals surface area contributed by atoms with Crippen LogP contribution in [0.5, 0.6) is 0 Å². The molecule has 4 heteroatoms. The third-order valence-electron chi connectivity index (χ3n) is 9.34. The van der Waals surface area contributed by atoms with Crippen LogP contribution in [-0.4, -0.2) is 45.8 Å². The summed E-state index contributed by atoms with van der Waals surface area (Å²) in [4.78, 5) is 0. The number of rotatable bonds is 7. The Morgan fingerprint density at radius 3 is 2.61 bits per heavy atom. The molecule has 0 amide bonds. The van der Waals surface area contributed by atoms with Crippen molar-refractivity contribution >= 4 is 0 Å². The molecule has 4 aliphatic rings. The first kappa shape index (κ1) is 25.2. The van der Waals surface area contributed by atoms with E-state index in [9.17, 15) is 15.3 Å². The summed E-state index contributed by atoms with van der Waals surface area (Å²) < 4.78 is 5.78. The summed E-state index contributed by atoms with van der Waals surface area (Å²) in [5.74, 6) is 2.54. The molecular weight excluding hydrogens is 412 g/mol. The molecule has 4 nitrogen and oxygen atoms in total. The molecule has 0 bridgehead atoms. The summed E-state index contributed by atoms with van der Waals surface area (Å²) in [5.41, 5.74) is 3.01. The second kappa shape index (κ2) is 9.60. The number of aliphatic hydroxyl groups is 3. The van der Waals surface area contributed by atoms with Crippen molar-refractivity contribution in [3.63, 3.8) is 0 Å². The summed E-state index contributed by atoms with van der Waals surface area (Å²) >= 11 is 0. The fourth-order valence-electron chi connectivity index (χ4n) is 7.48. The van der Waals surface area contributed by atoms with Gasteiger partial charge in [0.1, 0.15) is 0 Å². The summed E-state index contributed by atoms with van der Waals surface area (Å²) in [6, 6.07) is 0. The molecule has 0 aromatic heterocycles. The average molecular weight is 459 g/mol. The molecule has 0 radical (unpaired) electrons. The van der Waals surface area contributed by atoms with E-state index < -0.39 is 17.8 Å². The molecule has 1 saturated heterocycles. The number of ether oxygens (including phenoxy) is 1. The van der Waals surface area contributed by atoms with Crippen LogP contribution < -0.4 is 0 Å². The SMILES string of the molecule is C=C1/C(=C/C=C2\C[C@H]([C@@H]3CO3)C[C@]3(C)[C@@H]([C@H](C)CCCC(C)(C)O)CC[C@@H]23)C[C@@H](O)C[C@@H]1O. The highest BCUT2D eigenvalue weighted by Gasteiger charge is 2.54. The highest BCUT2D eigenvalue weighted by Crippen LogP contribution is 2.62. The van der Waals surface area contributed by atoms with Crippen LogP contribution in [-0.2, 0) is 4.74 Å². The van der Waals surface area contributed by atoms with Crippen LogP contribution in [0.3, 0.4) is 0 Å². The van der Waals surface area contributed by atoms with Crippen molar-refractivity contribution in [3.05, 3.63) is 35.5 Å². The lowest BCUT2D eigenvalue weighted by molar-refractivity contribution is 0.0479. The Hall–Kier alpha value is -0.940. The van der Waals surface area contributed by atoms with Gasteiger partial charge in [0.05, 0.1) is 30.5 Å². The van der Waals surface area contributed by atoms with E-state index in [1.54, 1.807) is 0 Å². The number of aliphatic hydroxyl groups excluding tert-OH is 2. The molecule has 3 saturated carbocycles. The van der Waals surface area contributed by atoms with E-state index in [0.29, 0.717) is 42.6 Å². The molecule has 0 unspecified atom stereocenters. The van der Waals surface area contributed by atoms with Gasteiger partial charge >= 0.3 is 0 Å². The lowest BCUT2D eigenvalue weighted by atomic mass is 9.57. The van der Waals surface area contributed by atoms with E-state index in [1.165, 1.54) is 31.3 Å². The first-order valence-corrected chi connectivity index (χ1v) is 13.3. The lowest BCUT2D eigenvalue weighted by Crippen LogP contribution is -2.40. The first-order chi connectivity index (χ1) is 15.5. The topological polar surface area (TPSA) is 73.2 Å². The maximum Gasteiger partial charge on any atom is 0.0841 e. The molecule has 1 aliphatic heterocycles. The summed E-state index contributed by atoms with van der Waals surface area (Å²) in [7, 11) is 0. The van der Waals surface area contributed by atoms with Gasteiger partial charge in [-0.3, -0.25) is 0 Å². The summed E-state index contributed by atoms with van der Waals surface area (Å²) in [6.07, 6.45) is 12.7. The zero-order valence-electron chi connectivity index (χ0n) is 21.2. The smallest absolute Gasteiger partial charge is 0.0841 e. The van der Waals surface area contributed by atoms with Crippen LogP contribution in [0.2, 0.25) is 0 Å². The zero-order valence-corrected chi connectivity index (χ0v) is 21.2. The minimum absolute atomic E-state index is 0.288. The molecule has 0 spiro atoms.